The van der Waals surface area contributed by atoms with E-state index in [1.54, 1.807) is 0 Å². The number of carbonyl (C=O) groups excluding carboxylic acids is 1. The highest BCUT2D eigenvalue weighted by Gasteiger charge is 2.53. The van der Waals surface area contributed by atoms with Crippen LogP contribution in [0.4, 0.5) is 0 Å². The Kier molecular flexibility index (Phi) is 4.79. The van der Waals surface area contributed by atoms with Crippen molar-refractivity contribution in [2.45, 2.75) is 65.4 Å². The van der Waals surface area contributed by atoms with Gasteiger partial charge in [0.1, 0.15) is 6.10 Å². The summed E-state index contributed by atoms with van der Waals surface area (Å²) in [5, 5.41) is 0. The Hall–Kier alpha value is -1.31. The van der Waals surface area contributed by atoms with Crippen LogP contribution in [0, 0.1) is 23.2 Å². The predicted octanol–water partition coefficient (Wildman–Crippen LogP) is 5.47. The van der Waals surface area contributed by atoms with E-state index >= 15 is 0 Å². The van der Waals surface area contributed by atoms with E-state index in [9.17, 15) is 4.79 Å². The quantitative estimate of drug-likeness (QED) is 0.688. The maximum Gasteiger partial charge on any atom is 0.338 e. The molecule has 2 unspecified atom stereocenters. The van der Waals surface area contributed by atoms with Gasteiger partial charge in [-0.2, -0.15) is 0 Å². The van der Waals surface area contributed by atoms with Crippen LogP contribution >= 0.6 is 0 Å². The average Bonchev–Trinajstić information content (AvgIpc) is 2.93. The minimum Gasteiger partial charge on any atom is -0.458 e. The molecular formula is C21H30O2. The lowest BCUT2D eigenvalue weighted by atomic mass is 9.61. The van der Waals surface area contributed by atoms with E-state index in [2.05, 4.69) is 20.8 Å². The van der Waals surface area contributed by atoms with Crippen molar-refractivity contribution >= 4 is 5.97 Å². The summed E-state index contributed by atoms with van der Waals surface area (Å²) in [6, 6.07) is 9.43. The van der Waals surface area contributed by atoms with Gasteiger partial charge in [0.25, 0.3) is 0 Å². The van der Waals surface area contributed by atoms with Crippen LogP contribution in [0.25, 0.3) is 0 Å². The van der Waals surface area contributed by atoms with E-state index in [4.69, 9.17) is 4.74 Å². The minimum atomic E-state index is -0.146. The maximum absolute atomic E-state index is 12.5. The summed E-state index contributed by atoms with van der Waals surface area (Å²) < 4.78 is 5.98. The molecule has 0 bridgehead atoms. The van der Waals surface area contributed by atoms with Gasteiger partial charge in [-0.1, -0.05) is 45.4 Å². The fraction of sp³-hybridized carbons (Fsp3) is 0.667. The molecule has 0 amide bonds. The van der Waals surface area contributed by atoms with E-state index < -0.39 is 0 Å². The zero-order valence-electron chi connectivity index (χ0n) is 14.8. The summed E-state index contributed by atoms with van der Waals surface area (Å²) in [7, 11) is 0. The van der Waals surface area contributed by atoms with E-state index in [0.29, 0.717) is 16.9 Å². The van der Waals surface area contributed by atoms with Gasteiger partial charge in [-0.05, 0) is 61.5 Å². The molecular weight excluding hydrogens is 284 g/mol. The molecule has 0 spiro atoms. The molecule has 126 valence electrons. The van der Waals surface area contributed by atoms with Crippen LogP contribution in [0.3, 0.4) is 0 Å². The lowest BCUT2D eigenvalue weighted by molar-refractivity contribution is -0.0469. The number of hydrogen-bond donors (Lipinski definition) is 0. The van der Waals surface area contributed by atoms with E-state index in [1.165, 1.54) is 32.1 Å². The fourth-order valence-electron chi connectivity index (χ4n) is 5.30. The summed E-state index contributed by atoms with van der Waals surface area (Å²) in [6.07, 6.45) is 7.40. The predicted molar refractivity (Wildman–Crippen MR) is 93.3 cm³/mol. The molecule has 5 atom stereocenters. The standard InChI is InChI=1S/C21H30O2/c1-4-15(2)17-12-13-18-19(11-8-14-21(17,18)3)23-20(22)16-9-6-5-7-10-16/h5-7,9-10,15,17-19H,4,8,11-14H2,1-3H3/t15-,17?,18?,19-,21+/m0/s1. The molecule has 0 aliphatic heterocycles. The summed E-state index contributed by atoms with van der Waals surface area (Å²) in [5.41, 5.74) is 1.03. The average molecular weight is 314 g/mol. The third-order valence-electron chi connectivity index (χ3n) is 6.73. The minimum absolute atomic E-state index is 0.107. The zero-order chi connectivity index (χ0) is 16.4. The molecule has 0 aromatic heterocycles. The van der Waals surface area contributed by atoms with Gasteiger partial charge in [-0.25, -0.2) is 4.79 Å². The van der Waals surface area contributed by atoms with Gasteiger partial charge in [0.2, 0.25) is 0 Å². The number of hydrogen-bond acceptors (Lipinski definition) is 2. The van der Waals surface area contributed by atoms with Gasteiger partial charge in [0.05, 0.1) is 5.56 Å². The first-order valence-corrected chi connectivity index (χ1v) is 9.32. The normalized spacial score (nSPS) is 34.7. The van der Waals surface area contributed by atoms with Crippen molar-refractivity contribution in [3.8, 4) is 0 Å². The number of carbonyl (C=O) groups is 1. The Balaban J connectivity index is 1.74. The van der Waals surface area contributed by atoms with Crippen molar-refractivity contribution in [2.75, 3.05) is 0 Å². The summed E-state index contributed by atoms with van der Waals surface area (Å²) >= 11 is 0. The molecule has 0 N–H and O–H groups in total. The third kappa shape index (κ3) is 3.05. The van der Waals surface area contributed by atoms with E-state index in [1.807, 2.05) is 30.3 Å². The Labute approximate surface area is 140 Å². The Bertz CT molecular complexity index is 538. The number of esters is 1. The highest BCUT2D eigenvalue weighted by atomic mass is 16.5. The van der Waals surface area contributed by atoms with E-state index in [-0.39, 0.29) is 12.1 Å². The van der Waals surface area contributed by atoms with Gasteiger partial charge in [0, 0.05) is 5.92 Å². The molecule has 2 aliphatic carbocycles. The molecule has 0 radical (unpaired) electrons. The van der Waals surface area contributed by atoms with Crippen molar-refractivity contribution in [3.05, 3.63) is 35.9 Å². The van der Waals surface area contributed by atoms with Gasteiger partial charge in [-0.15, -0.1) is 0 Å². The van der Waals surface area contributed by atoms with Crippen molar-refractivity contribution < 1.29 is 9.53 Å². The Morgan fingerprint density at radius 1 is 1.26 bits per heavy atom. The molecule has 3 rings (SSSR count). The lowest BCUT2D eigenvalue weighted by Crippen LogP contribution is -2.43. The van der Waals surface area contributed by atoms with Gasteiger partial charge in [-0.3, -0.25) is 0 Å². The highest BCUT2D eigenvalue weighted by Crippen LogP contribution is 2.58. The molecule has 2 nitrogen and oxygen atoms in total. The second kappa shape index (κ2) is 6.67. The van der Waals surface area contributed by atoms with Crippen LogP contribution in [0.2, 0.25) is 0 Å². The Morgan fingerprint density at radius 2 is 2.00 bits per heavy atom. The zero-order valence-corrected chi connectivity index (χ0v) is 14.8. The molecule has 0 saturated heterocycles. The van der Waals surface area contributed by atoms with Gasteiger partial charge < -0.3 is 4.74 Å². The van der Waals surface area contributed by atoms with Crippen LogP contribution in [-0.2, 0) is 4.74 Å². The molecule has 2 heteroatoms. The van der Waals surface area contributed by atoms with Crippen molar-refractivity contribution in [3.63, 3.8) is 0 Å². The molecule has 1 aromatic carbocycles. The van der Waals surface area contributed by atoms with Gasteiger partial charge >= 0.3 is 5.97 Å². The summed E-state index contributed by atoms with van der Waals surface area (Å²) in [6.45, 7) is 7.17. The highest BCUT2D eigenvalue weighted by molar-refractivity contribution is 5.89. The van der Waals surface area contributed by atoms with Crippen molar-refractivity contribution in [1.29, 1.82) is 0 Å². The van der Waals surface area contributed by atoms with Crippen LogP contribution in [-0.4, -0.2) is 12.1 Å². The molecule has 23 heavy (non-hydrogen) atoms. The third-order valence-corrected chi connectivity index (χ3v) is 6.73. The molecule has 0 heterocycles. The summed E-state index contributed by atoms with van der Waals surface area (Å²) in [4.78, 5) is 12.5. The first-order chi connectivity index (χ1) is 11.1. The van der Waals surface area contributed by atoms with Crippen LogP contribution in [0.5, 0.6) is 0 Å². The topological polar surface area (TPSA) is 26.3 Å². The van der Waals surface area contributed by atoms with Crippen molar-refractivity contribution in [1.82, 2.24) is 0 Å². The van der Waals surface area contributed by atoms with Crippen molar-refractivity contribution in [2.24, 2.45) is 23.2 Å². The first kappa shape index (κ1) is 16.5. The molecule has 2 saturated carbocycles. The smallest absolute Gasteiger partial charge is 0.338 e. The monoisotopic (exact) mass is 314 g/mol. The lowest BCUT2D eigenvalue weighted by Gasteiger charge is -2.46. The second-order valence-electron chi connectivity index (χ2n) is 7.88. The van der Waals surface area contributed by atoms with E-state index in [0.717, 1.165) is 18.3 Å². The second-order valence-corrected chi connectivity index (χ2v) is 7.88. The van der Waals surface area contributed by atoms with Crippen LogP contribution in [0.15, 0.2) is 30.3 Å². The maximum atomic E-state index is 12.5. The van der Waals surface area contributed by atoms with Crippen LogP contribution < -0.4 is 0 Å². The SMILES string of the molecule is CC[C@H](C)C1CCC2[C@@H](OC(=O)c3ccccc3)CCC[C@@]21C. The molecule has 2 aliphatic rings. The number of benzene rings is 1. The molecule has 2 fully saturated rings. The van der Waals surface area contributed by atoms with Gasteiger partial charge in [0.15, 0.2) is 0 Å². The number of fused-ring (bicyclic) bond motifs is 1. The largest absolute Gasteiger partial charge is 0.458 e. The summed E-state index contributed by atoms with van der Waals surface area (Å²) in [5.74, 6) is 1.96. The first-order valence-electron chi connectivity index (χ1n) is 9.32. The van der Waals surface area contributed by atoms with Crippen LogP contribution in [0.1, 0.15) is 69.7 Å². The number of ether oxygens (including phenoxy) is 1. The molecule has 1 aromatic rings. The Morgan fingerprint density at radius 3 is 2.70 bits per heavy atom. The number of rotatable bonds is 4. The fourth-order valence-corrected chi connectivity index (χ4v) is 5.30.